The van der Waals surface area contributed by atoms with Gasteiger partial charge in [-0.1, -0.05) is 12.8 Å². The minimum absolute atomic E-state index is 0.288. The number of imidazole rings is 1. The molecular formula is C11H18N4O. The quantitative estimate of drug-likeness (QED) is 0.671. The fourth-order valence-corrected chi connectivity index (χ4v) is 2.23. The van der Waals surface area contributed by atoms with Crippen molar-refractivity contribution in [2.75, 3.05) is 0 Å². The highest BCUT2D eigenvalue weighted by Gasteiger charge is 2.22. The minimum Gasteiger partial charge on any atom is -0.368 e. The van der Waals surface area contributed by atoms with Gasteiger partial charge in [-0.2, -0.15) is 0 Å². The molecule has 1 atom stereocenters. The molecule has 0 aliphatic heterocycles. The van der Waals surface area contributed by atoms with Crippen molar-refractivity contribution in [3.05, 3.63) is 18.2 Å². The van der Waals surface area contributed by atoms with Gasteiger partial charge in [0.2, 0.25) is 5.91 Å². The number of aromatic amines is 1. The smallest absolute Gasteiger partial charge is 0.234 e. The predicted molar refractivity (Wildman–Crippen MR) is 60.7 cm³/mol. The molecule has 0 aromatic carbocycles. The lowest BCUT2D eigenvalue weighted by Crippen LogP contribution is -2.47. The second-order valence-electron chi connectivity index (χ2n) is 4.38. The van der Waals surface area contributed by atoms with Gasteiger partial charge in [-0.3, -0.25) is 4.79 Å². The van der Waals surface area contributed by atoms with E-state index < -0.39 is 0 Å². The summed E-state index contributed by atoms with van der Waals surface area (Å²) >= 11 is 0. The third-order valence-electron chi connectivity index (χ3n) is 3.11. The van der Waals surface area contributed by atoms with Gasteiger partial charge in [-0.25, -0.2) is 4.98 Å². The first kappa shape index (κ1) is 11.1. The Bertz CT molecular complexity index is 330. The monoisotopic (exact) mass is 222 g/mol. The molecule has 1 aromatic heterocycles. The maximum atomic E-state index is 11.3. The first-order valence-corrected chi connectivity index (χ1v) is 5.78. The molecule has 1 amide bonds. The number of nitrogens with zero attached hydrogens (tertiary/aromatic N) is 1. The van der Waals surface area contributed by atoms with E-state index in [1.54, 1.807) is 12.5 Å². The van der Waals surface area contributed by atoms with Gasteiger partial charge in [0, 0.05) is 24.4 Å². The number of rotatable bonds is 5. The van der Waals surface area contributed by atoms with E-state index in [4.69, 9.17) is 5.73 Å². The van der Waals surface area contributed by atoms with E-state index in [0.29, 0.717) is 12.5 Å². The largest absolute Gasteiger partial charge is 0.368 e. The van der Waals surface area contributed by atoms with Gasteiger partial charge in [0.1, 0.15) is 0 Å². The fourth-order valence-electron chi connectivity index (χ4n) is 2.23. The summed E-state index contributed by atoms with van der Waals surface area (Å²) in [5, 5.41) is 3.33. The number of carbonyl (C=O) groups is 1. The van der Waals surface area contributed by atoms with Crippen molar-refractivity contribution in [1.82, 2.24) is 15.3 Å². The van der Waals surface area contributed by atoms with Gasteiger partial charge in [-0.05, 0) is 12.8 Å². The van der Waals surface area contributed by atoms with Crippen molar-refractivity contribution in [2.45, 2.75) is 44.2 Å². The van der Waals surface area contributed by atoms with Crippen molar-refractivity contribution in [2.24, 2.45) is 5.73 Å². The molecule has 16 heavy (non-hydrogen) atoms. The molecule has 4 N–H and O–H groups in total. The number of amides is 1. The topological polar surface area (TPSA) is 83.8 Å². The van der Waals surface area contributed by atoms with E-state index in [1.807, 2.05) is 0 Å². The summed E-state index contributed by atoms with van der Waals surface area (Å²) in [5.41, 5.74) is 6.33. The molecule has 1 aliphatic rings. The highest BCUT2D eigenvalue weighted by atomic mass is 16.1. The Morgan fingerprint density at radius 3 is 2.94 bits per heavy atom. The van der Waals surface area contributed by atoms with Crippen LogP contribution in [0.5, 0.6) is 0 Å². The Balaban J connectivity index is 1.91. The van der Waals surface area contributed by atoms with E-state index in [0.717, 1.165) is 18.5 Å². The molecule has 0 spiro atoms. The highest BCUT2D eigenvalue weighted by molar-refractivity contribution is 5.80. The predicted octanol–water partition coefficient (Wildman–Crippen LogP) is 0.338. The van der Waals surface area contributed by atoms with Gasteiger partial charge < -0.3 is 16.0 Å². The van der Waals surface area contributed by atoms with Gasteiger partial charge in [-0.15, -0.1) is 0 Å². The number of hydrogen-bond acceptors (Lipinski definition) is 3. The Labute approximate surface area is 94.8 Å². The minimum atomic E-state index is -0.290. The number of H-pyrrole nitrogens is 1. The SMILES string of the molecule is NC(=O)[C@H](Cc1cnc[nH]1)NC1CCCC1. The molecule has 1 aromatic rings. The van der Waals surface area contributed by atoms with Crippen molar-refractivity contribution in [3.63, 3.8) is 0 Å². The maximum Gasteiger partial charge on any atom is 0.234 e. The Morgan fingerprint density at radius 2 is 2.38 bits per heavy atom. The van der Waals surface area contributed by atoms with Crippen molar-refractivity contribution >= 4 is 5.91 Å². The molecule has 0 radical (unpaired) electrons. The lowest BCUT2D eigenvalue weighted by molar-refractivity contribution is -0.120. The van der Waals surface area contributed by atoms with Crippen LogP contribution >= 0.6 is 0 Å². The fraction of sp³-hybridized carbons (Fsp3) is 0.636. The number of nitrogens with two attached hydrogens (primary N) is 1. The third kappa shape index (κ3) is 2.82. The Kier molecular flexibility index (Phi) is 3.56. The zero-order chi connectivity index (χ0) is 11.4. The molecule has 5 heteroatoms. The van der Waals surface area contributed by atoms with Crippen molar-refractivity contribution in [3.8, 4) is 0 Å². The first-order valence-electron chi connectivity index (χ1n) is 5.78. The molecule has 1 aliphatic carbocycles. The third-order valence-corrected chi connectivity index (χ3v) is 3.11. The summed E-state index contributed by atoms with van der Waals surface area (Å²) < 4.78 is 0. The molecule has 88 valence electrons. The standard InChI is InChI=1S/C11H18N4O/c12-11(16)10(5-9-6-13-7-14-9)15-8-3-1-2-4-8/h6-8,10,15H,1-5H2,(H2,12,16)(H,13,14)/t10-/m0/s1. The Morgan fingerprint density at radius 1 is 1.62 bits per heavy atom. The molecular weight excluding hydrogens is 204 g/mol. The van der Waals surface area contributed by atoms with E-state index in [-0.39, 0.29) is 11.9 Å². The van der Waals surface area contributed by atoms with Crippen LogP contribution in [-0.4, -0.2) is 28.0 Å². The van der Waals surface area contributed by atoms with Crippen LogP contribution in [0.25, 0.3) is 0 Å². The highest BCUT2D eigenvalue weighted by Crippen LogP contribution is 2.18. The summed E-state index contributed by atoms with van der Waals surface area (Å²) in [6, 6.07) is 0.156. The van der Waals surface area contributed by atoms with Crippen LogP contribution in [0.4, 0.5) is 0 Å². The zero-order valence-corrected chi connectivity index (χ0v) is 9.28. The van der Waals surface area contributed by atoms with Gasteiger partial charge in [0.05, 0.1) is 12.4 Å². The van der Waals surface area contributed by atoms with Gasteiger partial charge in [0.25, 0.3) is 0 Å². The molecule has 1 saturated carbocycles. The molecule has 0 bridgehead atoms. The van der Waals surface area contributed by atoms with Gasteiger partial charge in [0.15, 0.2) is 0 Å². The van der Waals surface area contributed by atoms with Crippen molar-refractivity contribution < 1.29 is 4.79 Å². The number of aromatic nitrogens is 2. The van der Waals surface area contributed by atoms with Crippen LogP contribution in [0.1, 0.15) is 31.4 Å². The summed E-state index contributed by atoms with van der Waals surface area (Å²) in [6.07, 6.45) is 8.71. The molecule has 0 saturated heterocycles. The van der Waals surface area contributed by atoms with Crippen LogP contribution in [0.3, 0.4) is 0 Å². The maximum absolute atomic E-state index is 11.3. The number of carbonyl (C=O) groups excluding carboxylic acids is 1. The molecule has 1 fully saturated rings. The second-order valence-corrected chi connectivity index (χ2v) is 4.38. The molecule has 0 unspecified atom stereocenters. The van der Waals surface area contributed by atoms with E-state index in [2.05, 4.69) is 15.3 Å². The van der Waals surface area contributed by atoms with Crippen LogP contribution in [0.2, 0.25) is 0 Å². The van der Waals surface area contributed by atoms with Crippen LogP contribution in [0, 0.1) is 0 Å². The molecule has 1 heterocycles. The van der Waals surface area contributed by atoms with Crippen molar-refractivity contribution in [1.29, 1.82) is 0 Å². The summed E-state index contributed by atoms with van der Waals surface area (Å²) in [7, 11) is 0. The van der Waals surface area contributed by atoms with E-state index >= 15 is 0 Å². The normalized spacial score (nSPS) is 18.8. The number of primary amides is 1. The average Bonchev–Trinajstić information content (AvgIpc) is 2.88. The summed E-state index contributed by atoms with van der Waals surface area (Å²) in [5.74, 6) is -0.290. The first-order chi connectivity index (χ1) is 7.75. The summed E-state index contributed by atoms with van der Waals surface area (Å²) in [4.78, 5) is 18.3. The average molecular weight is 222 g/mol. The van der Waals surface area contributed by atoms with Crippen LogP contribution < -0.4 is 11.1 Å². The summed E-state index contributed by atoms with van der Waals surface area (Å²) in [6.45, 7) is 0. The lowest BCUT2D eigenvalue weighted by Gasteiger charge is -2.19. The number of hydrogen-bond donors (Lipinski definition) is 3. The molecule has 2 rings (SSSR count). The lowest BCUT2D eigenvalue weighted by atomic mass is 10.1. The zero-order valence-electron chi connectivity index (χ0n) is 9.28. The van der Waals surface area contributed by atoms with E-state index in [1.165, 1.54) is 12.8 Å². The second kappa shape index (κ2) is 5.12. The van der Waals surface area contributed by atoms with Crippen LogP contribution in [-0.2, 0) is 11.2 Å². The number of nitrogens with one attached hydrogen (secondary N) is 2. The van der Waals surface area contributed by atoms with Crippen LogP contribution in [0.15, 0.2) is 12.5 Å². The van der Waals surface area contributed by atoms with E-state index in [9.17, 15) is 4.79 Å². The molecule has 5 nitrogen and oxygen atoms in total. The van der Waals surface area contributed by atoms with Gasteiger partial charge >= 0.3 is 0 Å². The Hall–Kier alpha value is -1.36.